The molecule has 10 heteroatoms. The third-order valence-corrected chi connectivity index (χ3v) is 5.11. The van der Waals surface area contributed by atoms with E-state index in [1.165, 1.54) is 15.2 Å². The normalized spacial score (nSPS) is 17.5. The van der Waals surface area contributed by atoms with E-state index in [2.05, 4.69) is 5.10 Å². The Morgan fingerprint density at radius 3 is 2.50 bits per heavy atom. The number of rotatable bonds is 4. The van der Waals surface area contributed by atoms with Gasteiger partial charge in [-0.05, 0) is 12.8 Å². The average molecular weight is 331 g/mol. The van der Waals surface area contributed by atoms with Crippen molar-refractivity contribution in [1.29, 1.82) is 0 Å². The molecule has 0 unspecified atom stereocenters. The summed E-state index contributed by atoms with van der Waals surface area (Å²) in [4.78, 5) is 12.8. The smallest absolute Gasteiger partial charge is 0.334 e. The fraction of sp³-hybridized carbons (Fsp3) is 0.750. The molecule has 0 spiro atoms. The Morgan fingerprint density at radius 1 is 1.27 bits per heavy atom. The van der Waals surface area contributed by atoms with Gasteiger partial charge < -0.3 is 4.90 Å². The maximum Gasteiger partial charge on any atom is 0.334 e. The van der Waals surface area contributed by atoms with Gasteiger partial charge in [-0.2, -0.15) is 5.10 Å². The van der Waals surface area contributed by atoms with Crippen LogP contribution in [0.2, 0.25) is 0 Å². The van der Waals surface area contributed by atoms with E-state index in [4.69, 9.17) is 0 Å². The third kappa shape index (κ3) is 3.22. The molecule has 1 saturated heterocycles. The van der Waals surface area contributed by atoms with Crippen molar-refractivity contribution in [3.8, 4) is 0 Å². The second-order valence-corrected chi connectivity index (χ2v) is 7.34. The van der Waals surface area contributed by atoms with Crippen LogP contribution < -0.4 is 4.90 Å². The van der Waals surface area contributed by atoms with Crippen LogP contribution in [-0.4, -0.2) is 59.9 Å². The Morgan fingerprint density at radius 2 is 1.95 bits per heavy atom. The summed E-state index contributed by atoms with van der Waals surface area (Å²) >= 11 is 0. The third-order valence-electron chi connectivity index (χ3n) is 3.80. The highest BCUT2D eigenvalue weighted by atomic mass is 32.2. The Bertz CT molecular complexity index is 669. The Balaban J connectivity index is 2.33. The quantitative estimate of drug-likeness (QED) is 0.583. The first-order chi connectivity index (χ1) is 10.3. The zero-order valence-corrected chi connectivity index (χ0v) is 13.8. The van der Waals surface area contributed by atoms with Crippen molar-refractivity contribution < 1.29 is 13.3 Å². The molecule has 0 bridgehead atoms. The molecular weight excluding hydrogens is 310 g/mol. The molecule has 0 amide bonds. The highest BCUT2D eigenvalue weighted by Gasteiger charge is 2.31. The van der Waals surface area contributed by atoms with Crippen molar-refractivity contribution in [2.45, 2.75) is 19.8 Å². The van der Waals surface area contributed by atoms with Gasteiger partial charge in [0, 0.05) is 33.2 Å². The van der Waals surface area contributed by atoms with Crippen LogP contribution in [0.1, 0.15) is 19.0 Å². The van der Waals surface area contributed by atoms with E-state index in [0.717, 1.165) is 0 Å². The van der Waals surface area contributed by atoms with Gasteiger partial charge in [0.25, 0.3) is 0 Å². The van der Waals surface area contributed by atoms with E-state index in [1.807, 2.05) is 11.8 Å². The van der Waals surface area contributed by atoms with Gasteiger partial charge in [0.1, 0.15) is 5.69 Å². The van der Waals surface area contributed by atoms with Gasteiger partial charge in [-0.1, -0.05) is 6.92 Å². The van der Waals surface area contributed by atoms with Crippen LogP contribution in [0.4, 0.5) is 11.5 Å². The minimum atomic E-state index is -3.24. The second kappa shape index (κ2) is 6.21. The maximum absolute atomic E-state index is 11.7. The van der Waals surface area contributed by atoms with Crippen molar-refractivity contribution >= 4 is 21.5 Å². The van der Waals surface area contributed by atoms with E-state index in [1.54, 1.807) is 7.05 Å². The van der Waals surface area contributed by atoms with E-state index < -0.39 is 14.9 Å². The number of aryl methyl sites for hydroxylation is 2. The van der Waals surface area contributed by atoms with E-state index in [-0.39, 0.29) is 5.69 Å². The lowest BCUT2D eigenvalue weighted by Crippen LogP contribution is -2.35. The maximum atomic E-state index is 11.7. The number of hydrogen-bond acceptors (Lipinski definition) is 6. The molecule has 2 heterocycles. The summed E-state index contributed by atoms with van der Waals surface area (Å²) in [7, 11) is -1.56. The largest absolute Gasteiger partial charge is 0.350 e. The molecule has 1 aromatic rings. The molecule has 1 fully saturated rings. The van der Waals surface area contributed by atoms with Crippen LogP contribution in [0.25, 0.3) is 0 Å². The molecular formula is C12H21N5O4S. The van der Waals surface area contributed by atoms with Crippen LogP contribution in [0.5, 0.6) is 0 Å². The monoisotopic (exact) mass is 331 g/mol. The molecule has 1 aliphatic heterocycles. The molecule has 0 atom stereocenters. The summed E-state index contributed by atoms with van der Waals surface area (Å²) in [5.74, 6) is 0.456. The standard InChI is InChI=1S/C12H21N5O4S/c1-4-10-11(17(18)19)12(14(2)13-10)15-6-5-7-16(9-8-15)22(3,20)21/h4-9H2,1-3H3. The predicted molar refractivity (Wildman–Crippen MR) is 82.5 cm³/mol. The Hall–Kier alpha value is -1.68. The average Bonchev–Trinajstić information content (AvgIpc) is 2.60. The van der Waals surface area contributed by atoms with Gasteiger partial charge in [-0.15, -0.1) is 0 Å². The highest BCUT2D eigenvalue weighted by molar-refractivity contribution is 7.88. The van der Waals surface area contributed by atoms with Gasteiger partial charge in [-0.25, -0.2) is 17.4 Å². The molecule has 9 nitrogen and oxygen atoms in total. The molecule has 22 heavy (non-hydrogen) atoms. The summed E-state index contributed by atoms with van der Waals surface area (Å²) < 4.78 is 26.2. The molecule has 124 valence electrons. The lowest BCUT2D eigenvalue weighted by molar-refractivity contribution is -0.384. The predicted octanol–water partition coefficient (Wildman–Crippen LogP) is 0.362. The first-order valence-corrected chi connectivity index (χ1v) is 9.00. The fourth-order valence-corrected chi connectivity index (χ4v) is 3.65. The molecule has 0 radical (unpaired) electrons. The minimum Gasteiger partial charge on any atom is -0.350 e. The number of sulfonamides is 1. The first kappa shape index (κ1) is 16.7. The van der Waals surface area contributed by atoms with Gasteiger partial charge in [0.2, 0.25) is 15.8 Å². The zero-order chi connectivity index (χ0) is 16.5. The molecule has 0 aliphatic carbocycles. The lowest BCUT2D eigenvalue weighted by atomic mass is 10.2. The fourth-order valence-electron chi connectivity index (χ4n) is 2.77. The van der Waals surface area contributed by atoms with Crippen LogP contribution in [0.15, 0.2) is 0 Å². The van der Waals surface area contributed by atoms with Crippen LogP contribution in [0.3, 0.4) is 0 Å². The second-order valence-electron chi connectivity index (χ2n) is 5.36. The summed E-state index contributed by atoms with van der Waals surface area (Å²) in [6.07, 6.45) is 2.29. The van der Waals surface area contributed by atoms with Crippen molar-refractivity contribution in [2.75, 3.05) is 37.3 Å². The first-order valence-electron chi connectivity index (χ1n) is 7.16. The Labute approximate surface area is 129 Å². The highest BCUT2D eigenvalue weighted by Crippen LogP contribution is 2.32. The van der Waals surface area contributed by atoms with Gasteiger partial charge in [-0.3, -0.25) is 10.1 Å². The van der Waals surface area contributed by atoms with E-state index >= 15 is 0 Å². The molecule has 0 N–H and O–H groups in total. The number of nitrogens with zero attached hydrogens (tertiary/aromatic N) is 5. The van der Waals surface area contributed by atoms with Crippen LogP contribution in [-0.2, 0) is 23.5 Å². The summed E-state index contributed by atoms with van der Waals surface area (Å²) in [6, 6.07) is 0. The van der Waals surface area contributed by atoms with Crippen LogP contribution in [0, 0.1) is 10.1 Å². The molecule has 1 aromatic heterocycles. The van der Waals surface area contributed by atoms with Crippen molar-refractivity contribution in [3.05, 3.63) is 15.8 Å². The Kier molecular flexibility index (Phi) is 4.71. The molecule has 0 aromatic carbocycles. The van der Waals surface area contributed by atoms with E-state index in [9.17, 15) is 18.5 Å². The number of anilines is 1. The SMILES string of the molecule is CCc1nn(C)c(N2CCCN(S(C)(=O)=O)CC2)c1[N+](=O)[O-]. The van der Waals surface area contributed by atoms with Crippen molar-refractivity contribution in [3.63, 3.8) is 0 Å². The molecule has 2 rings (SSSR count). The molecule has 0 saturated carbocycles. The van der Waals surface area contributed by atoms with Crippen LogP contribution >= 0.6 is 0 Å². The lowest BCUT2D eigenvalue weighted by Gasteiger charge is -2.22. The summed E-state index contributed by atoms with van der Waals surface area (Å²) in [6.45, 7) is 3.56. The number of hydrogen-bond donors (Lipinski definition) is 0. The van der Waals surface area contributed by atoms with Gasteiger partial charge in [0.15, 0.2) is 0 Å². The van der Waals surface area contributed by atoms with Crippen molar-refractivity contribution in [2.24, 2.45) is 7.05 Å². The minimum absolute atomic E-state index is 0.0257. The zero-order valence-electron chi connectivity index (χ0n) is 13.0. The summed E-state index contributed by atoms with van der Waals surface area (Å²) in [5.41, 5.74) is 0.476. The van der Waals surface area contributed by atoms with Gasteiger partial charge >= 0.3 is 5.69 Å². The number of aromatic nitrogens is 2. The number of nitro groups is 1. The molecule has 1 aliphatic rings. The van der Waals surface area contributed by atoms with Crippen molar-refractivity contribution in [1.82, 2.24) is 14.1 Å². The summed E-state index contributed by atoms with van der Waals surface area (Å²) in [5, 5.41) is 15.6. The topological polar surface area (TPSA) is 102 Å². The van der Waals surface area contributed by atoms with E-state index in [0.29, 0.717) is 50.5 Å². The van der Waals surface area contributed by atoms with Gasteiger partial charge in [0.05, 0.1) is 11.2 Å².